The van der Waals surface area contributed by atoms with Crippen LogP contribution in [0.15, 0.2) is 0 Å². The third-order valence-corrected chi connectivity index (χ3v) is 7.26. The molecule has 0 aliphatic heterocycles. The standard InChI is InChI=1S/C29H60O4.2H3O3P/c1-3-5-7-9-11-13-15-17-19-21-23-28(29(25-30,26-31)27-32)33-24-22-20-18-16-14-12-10-8-6-4-2;2*1-4(2)3/h28,30-32H,3-27H2,1-2H3;2*1-3H. The summed E-state index contributed by atoms with van der Waals surface area (Å²) in [6.45, 7) is 4.46. The van der Waals surface area contributed by atoms with Gasteiger partial charge in [-0.15, -0.1) is 0 Å². The van der Waals surface area contributed by atoms with Crippen LogP contribution in [0, 0.1) is 5.41 Å². The minimum atomic E-state index is -2.62. The van der Waals surface area contributed by atoms with Crippen LogP contribution >= 0.6 is 17.2 Å². The van der Waals surface area contributed by atoms with Crippen molar-refractivity contribution in [3.8, 4) is 0 Å². The molecule has 252 valence electrons. The molecule has 0 saturated carbocycles. The number of hydrogen-bond acceptors (Lipinski definition) is 10. The fraction of sp³-hybridized carbons (Fsp3) is 1.00. The van der Waals surface area contributed by atoms with Crippen molar-refractivity contribution in [3.63, 3.8) is 0 Å². The van der Waals surface area contributed by atoms with Gasteiger partial charge in [-0.05, 0) is 12.8 Å². The van der Waals surface area contributed by atoms with E-state index in [-0.39, 0.29) is 25.9 Å². The van der Waals surface area contributed by atoms with Crippen molar-refractivity contribution in [2.45, 2.75) is 155 Å². The van der Waals surface area contributed by atoms with Crippen LogP contribution in [0.5, 0.6) is 0 Å². The first-order valence-electron chi connectivity index (χ1n) is 15.8. The van der Waals surface area contributed by atoms with Crippen LogP contribution in [-0.4, -0.2) is 77.2 Å². The van der Waals surface area contributed by atoms with Crippen LogP contribution in [0.2, 0.25) is 0 Å². The van der Waals surface area contributed by atoms with Crippen molar-refractivity contribution in [1.29, 1.82) is 0 Å². The molecule has 0 aromatic heterocycles. The van der Waals surface area contributed by atoms with Gasteiger partial charge in [0.1, 0.15) is 0 Å². The second-order valence-corrected chi connectivity index (χ2v) is 12.0. The number of ether oxygens (including phenoxy) is 1. The Labute approximate surface area is 253 Å². The quantitative estimate of drug-likeness (QED) is 0.0385. The zero-order valence-electron chi connectivity index (χ0n) is 26.1. The first-order valence-corrected chi connectivity index (χ1v) is 18.2. The van der Waals surface area contributed by atoms with Gasteiger partial charge in [0.2, 0.25) is 0 Å². The molecular formula is C29H66O10P2. The van der Waals surface area contributed by atoms with Gasteiger partial charge in [0.05, 0.1) is 31.3 Å². The van der Waals surface area contributed by atoms with E-state index in [1.807, 2.05) is 0 Å². The lowest BCUT2D eigenvalue weighted by Gasteiger charge is -2.36. The predicted molar refractivity (Wildman–Crippen MR) is 169 cm³/mol. The molecular weight excluding hydrogens is 570 g/mol. The number of unbranched alkanes of at least 4 members (excludes halogenated alkanes) is 18. The number of hydrogen-bond donors (Lipinski definition) is 9. The topological polar surface area (TPSA) is 191 Å². The van der Waals surface area contributed by atoms with Crippen molar-refractivity contribution < 1.29 is 49.4 Å². The van der Waals surface area contributed by atoms with E-state index in [1.165, 1.54) is 109 Å². The molecule has 0 bridgehead atoms. The van der Waals surface area contributed by atoms with Crippen LogP contribution in [0.3, 0.4) is 0 Å². The number of rotatable bonds is 27. The fourth-order valence-electron chi connectivity index (χ4n) is 4.65. The molecule has 10 nitrogen and oxygen atoms in total. The SMILES string of the molecule is CCCCCCCCCCCCOC(CCCCCCCCCCCC)C(CO)(CO)CO.OP(O)O.OP(O)O. The molecule has 12 heteroatoms. The molecule has 0 rings (SSSR count). The lowest BCUT2D eigenvalue weighted by atomic mass is 9.81. The van der Waals surface area contributed by atoms with Crippen LogP contribution in [-0.2, 0) is 4.74 Å². The molecule has 0 aromatic rings. The fourth-order valence-corrected chi connectivity index (χ4v) is 4.65. The van der Waals surface area contributed by atoms with E-state index in [1.54, 1.807) is 0 Å². The molecule has 0 aliphatic carbocycles. The van der Waals surface area contributed by atoms with Crippen molar-refractivity contribution in [2.24, 2.45) is 5.41 Å². The van der Waals surface area contributed by atoms with Crippen LogP contribution in [0.25, 0.3) is 0 Å². The summed E-state index contributed by atoms with van der Waals surface area (Å²) in [6.07, 6.45) is 26.2. The maximum absolute atomic E-state index is 9.89. The van der Waals surface area contributed by atoms with E-state index in [9.17, 15) is 15.3 Å². The minimum Gasteiger partial charge on any atom is -0.396 e. The summed E-state index contributed by atoms with van der Waals surface area (Å²) in [5, 5.41) is 29.7. The minimum absolute atomic E-state index is 0.236. The van der Waals surface area contributed by atoms with Gasteiger partial charge < -0.3 is 49.4 Å². The monoisotopic (exact) mass is 636 g/mol. The van der Waals surface area contributed by atoms with Crippen molar-refractivity contribution in [1.82, 2.24) is 0 Å². The van der Waals surface area contributed by atoms with Gasteiger partial charge in [0.15, 0.2) is 0 Å². The highest BCUT2D eigenvalue weighted by Gasteiger charge is 2.38. The van der Waals surface area contributed by atoms with Crippen LogP contribution in [0.1, 0.15) is 149 Å². The molecule has 41 heavy (non-hydrogen) atoms. The predicted octanol–water partition coefficient (Wildman–Crippen LogP) is 5.95. The molecule has 1 unspecified atom stereocenters. The summed E-state index contributed by atoms with van der Waals surface area (Å²) < 4.78 is 6.15. The average molecular weight is 637 g/mol. The summed E-state index contributed by atoms with van der Waals surface area (Å²) in [6, 6.07) is 0. The van der Waals surface area contributed by atoms with Crippen molar-refractivity contribution in [3.05, 3.63) is 0 Å². The Morgan fingerprint density at radius 1 is 0.463 bits per heavy atom. The van der Waals surface area contributed by atoms with E-state index in [0.717, 1.165) is 25.7 Å². The van der Waals surface area contributed by atoms with E-state index in [4.69, 9.17) is 34.1 Å². The van der Waals surface area contributed by atoms with Gasteiger partial charge in [-0.25, -0.2) is 0 Å². The summed E-state index contributed by atoms with van der Waals surface area (Å²) in [4.78, 5) is 43.4. The van der Waals surface area contributed by atoms with E-state index < -0.39 is 22.6 Å². The van der Waals surface area contributed by atoms with Gasteiger partial charge >= 0.3 is 17.2 Å². The maximum Gasteiger partial charge on any atom is 0.324 e. The van der Waals surface area contributed by atoms with Gasteiger partial charge in [0, 0.05) is 6.61 Å². The van der Waals surface area contributed by atoms with Gasteiger partial charge in [-0.2, -0.15) is 0 Å². The Kier molecular flexibility index (Phi) is 41.0. The molecule has 0 fully saturated rings. The summed E-state index contributed by atoms with van der Waals surface area (Å²) in [5.74, 6) is 0. The maximum atomic E-state index is 9.89. The molecule has 1 atom stereocenters. The van der Waals surface area contributed by atoms with Gasteiger partial charge in [-0.1, -0.05) is 136 Å². The van der Waals surface area contributed by atoms with E-state index in [2.05, 4.69) is 13.8 Å². The molecule has 0 spiro atoms. The molecule has 0 radical (unpaired) electrons. The van der Waals surface area contributed by atoms with Gasteiger partial charge in [-0.3, -0.25) is 0 Å². The Balaban J connectivity index is -0.00000158. The van der Waals surface area contributed by atoms with E-state index in [0.29, 0.717) is 6.61 Å². The number of aliphatic hydroxyl groups excluding tert-OH is 3. The Bertz CT molecular complexity index is 453. The normalized spacial score (nSPS) is 12.2. The Hall–Kier alpha value is 0.460. The third-order valence-electron chi connectivity index (χ3n) is 7.26. The smallest absolute Gasteiger partial charge is 0.324 e. The van der Waals surface area contributed by atoms with Crippen LogP contribution < -0.4 is 0 Å². The highest BCUT2D eigenvalue weighted by atomic mass is 31.2. The summed E-state index contributed by atoms with van der Waals surface area (Å²) in [7, 11) is -5.24. The highest BCUT2D eigenvalue weighted by Crippen LogP contribution is 2.28. The molecule has 0 aromatic carbocycles. The van der Waals surface area contributed by atoms with Crippen molar-refractivity contribution in [2.75, 3.05) is 26.4 Å². The summed E-state index contributed by atoms with van der Waals surface area (Å²) in [5.41, 5.74) is -0.933. The number of aliphatic hydroxyl groups is 3. The lowest BCUT2D eigenvalue weighted by Crippen LogP contribution is -2.46. The lowest BCUT2D eigenvalue weighted by molar-refractivity contribution is -0.117. The zero-order valence-corrected chi connectivity index (χ0v) is 27.9. The molecule has 0 aliphatic rings. The molecule has 0 amide bonds. The summed E-state index contributed by atoms with van der Waals surface area (Å²) >= 11 is 0. The second kappa shape index (κ2) is 36.7. The van der Waals surface area contributed by atoms with E-state index >= 15 is 0 Å². The third kappa shape index (κ3) is 36.6. The highest BCUT2D eigenvalue weighted by molar-refractivity contribution is 7.38. The largest absolute Gasteiger partial charge is 0.396 e. The van der Waals surface area contributed by atoms with Gasteiger partial charge in [0.25, 0.3) is 0 Å². The van der Waals surface area contributed by atoms with Crippen LogP contribution in [0.4, 0.5) is 0 Å². The van der Waals surface area contributed by atoms with Crippen molar-refractivity contribution >= 4 is 17.2 Å². The Morgan fingerprint density at radius 2 is 0.732 bits per heavy atom. The molecule has 9 N–H and O–H groups in total. The first-order chi connectivity index (χ1) is 19.7. The molecule has 0 saturated heterocycles. The average Bonchev–Trinajstić information content (AvgIpc) is 2.92. The zero-order chi connectivity index (χ0) is 31.6. The second-order valence-electron chi connectivity index (χ2n) is 10.9. The Morgan fingerprint density at radius 3 is 1.02 bits per heavy atom. The first kappa shape index (κ1) is 45.9. The molecule has 0 heterocycles.